The SMILES string of the molecule is COC(=O)C1CN(c2ncnc3sccc23)CC1C. The molecule has 0 bridgehead atoms. The average molecular weight is 277 g/mol. The van der Waals surface area contributed by atoms with Crippen molar-refractivity contribution in [3.05, 3.63) is 17.8 Å². The molecule has 100 valence electrons. The molecule has 5 nitrogen and oxygen atoms in total. The van der Waals surface area contributed by atoms with Crippen LogP contribution in [0.1, 0.15) is 6.92 Å². The monoisotopic (exact) mass is 277 g/mol. The van der Waals surface area contributed by atoms with Crippen LogP contribution in [0.25, 0.3) is 10.2 Å². The zero-order chi connectivity index (χ0) is 13.4. The second-order valence-electron chi connectivity index (χ2n) is 4.85. The summed E-state index contributed by atoms with van der Waals surface area (Å²) in [5.74, 6) is 0.986. The highest BCUT2D eigenvalue weighted by atomic mass is 32.1. The second-order valence-corrected chi connectivity index (χ2v) is 5.74. The first-order valence-electron chi connectivity index (χ1n) is 6.21. The molecule has 0 amide bonds. The Hall–Kier alpha value is -1.69. The van der Waals surface area contributed by atoms with Crippen LogP contribution in [0.5, 0.6) is 0 Å². The van der Waals surface area contributed by atoms with Crippen molar-refractivity contribution in [3.8, 4) is 0 Å². The normalized spacial score (nSPS) is 22.9. The van der Waals surface area contributed by atoms with Crippen LogP contribution in [-0.2, 0) is 9.53 Å². The van der Waals surface area contributed by atoms with Gasteiger partial charge in [0.05, 0.1) is 18.4 Å². The molecule has 0 radical (unpaired) electrons. The number of ether oxygens (including phenoxy) is 1. The summed E-state index contributed by atoms with van der Waals surface area (Å²) in [5, 5.41) is 3.07. The van der Waals surface area contributed by atoms with E-state index in [2.05, 4.69) is 21.8 Å². The molecule has 0 saturated carbocycles. The van der Waals surface area contributed by atoms with Gasteiger partial charge in [0.1, 0.15) is 17.0 Å². The molecule has 1 aliphatic heterocycles. The number of methoxy groups -OCH3 is 1. The number of carbonyl (C=O) groups excluding carboxylic acids is 1. The minimum absolute atomic E-state index is 0.0753. The van der Waals surface area contributed by atoms with Crippen molar-refractivity contribution >= 4 is 33.3 Å². The highest BCUT2D eigenvalue weighted by Gasteiger charge is 2.36. The molecule has 0 aromatic carbocycles. The van der Waals surface area contributed by atoms with Crippen LogP contribution in [-0.4, -0.2) is 36.1 Å². The predicted molar refractivity (Wildman–Crippen MR) is 74.3 cm³/mol. The van der Waals surface area contributed by atoms with Gasteiger partial charge in [0.15, 0.2) is 0 Å². The van der Waals surface area contributed by atoms with Crippen molar-refractivity contribution in [2.75, 3.05) is 25.1 Å². The van der Waals surface area contributed by atoms with Crippen molar-refractivity contribution < 1.29 is 9.53 Å². The standard InChI is InChI=1S/C13H15N3O2S/c1-8-5-16(6-10(8)13(17)18-2)11-9-3-4-19-12(9)15-7-14-11/h3-4,7-8,10H,5-6H2,1-2H3. The largest absolute Gasteiger partial charge is 0.469 e. The lowest BCUT2D eigenvalue weighted by Crippen LogP contribution is -2.24. The van der Waals surface area contributed by atoms with Crippen LogP contribution in [0, 0.1) is 11.8 Å². The quantitative estimate of drug-likeness (QED) is 0.785. The zero-order valence-corrected chi connectivity index (χ0v) is 11.7. The first kappa shape index (κ1) is 12.3. The third kappa shape index (κ3) is 2.06. The summed E-state index contributed by atoms with van der Waals surface area (Å²) in [5.41, 5.74) is 0. The summed E-state index contributed by atoms with van der Waals surface area (Å²) in [6.45, 7) is 3.56. The number of thiophene rings is 1. The van der Waals surface area contributed by atoms with E-state index in [1.165, 1.54) is 7.11 Å². The Morgan fingerprint density at radius 2 is 2.32 bits per heavy atom. The maximum atomic E-state index is 11.7. The van der Waals surface area contributed by atoms with Crippen molar-refractivity contribution in [3.63, 3.8) is 0 Å². The van der Waals surface area contributed by atoms with Gasteiger partial charge in [-0.15, -0.1) is 11.3 Å². The summed E-state index contributed by atoms with van der Waals surface area (Å²) in [6, 6.07) is 2.03. The van der Waals surface area contributed by atoms with Crippen LogP contribution < -0.4 is 4.90 Å². The maximum Gasteiger partial charge on any atom is 0.310 e. The molecule has 2 atom stereocenters. The highest BCUT2D eigenvalue weighted by Crippen LogP contribution is 2.32. The van der Waals surface area contributed by atoms with Crippen LogP contribution >= 0.6 is 11.3 Å². The van der Waals surface area contributed by atoms with Gasteiger partial charge in [0.2, 0.25) is 0 Å². The Labute approximate surface area is 115 Å². The Bertz CT molecular complexity index is 613. The van der Waals surface area contributed by atoms with Gasteiger partial charge in [-0.05, 0) is 17.4 Å². The van der Waals surface area contributed by atoms with Crippen molar-refractivity contribution in [2.24, 2.45) is 11.8 Å². The fourth-order valence-electron chi connectivity index (χ4n) is 2.63. The number of aromatic nitrogens is 2. The van der Waals surface area contributed by atoms with Crippen LogP contribution in [0.3, 0.4) is 0 Å². The minimum atomic E-state index is -0.134. The number of fused-ring (bicyclic) bond motifs is 1. The smallest absolute Gasteiger partial charge is 0.310 e. The summed E-state index contributed by atoms with van der Waals surface area (Å²) >= 11 is 1.60. The van der Waals surface area contributed by atoms with Gasteiger partial charge >= 0.3 is 5.97 Å². The highest BCUT2D eigenvalue weighted by molar-refractivity contribution is 7.16. The summed E-state index contributed by atoms with van der Waals surface area (Å²) < 4.78 is 4.86. The van der Waals surface area contributed by atoms with Gasteiger partial charge in [-0.3, -0.25) is 4.79 Å². The lowest BCUT2D eigenvalue weighted by atomic mass is 9.99. The first-order valence-corrected chi connectivity index (χ1v) is 7.09. The molecule has 1 fully saturated rings. The van der Waals surface area contributed by atoms with Gasteiger partial charge in [0, 0.05) is 13.1 Å². The molecule has 0 aliphatic carbocycles. The van der Waals surface area contributed by atoms with Crippen molar-refractivity contribution in [1.29, 1.82) is 0 Å². The lowest BCUT2D eigenvalue weighted by molar-refractivity contribution is -0.145. The molecule has 2 unspecified atom stereocenters. The van der Waals surface area contributed by atoms with Gasteiger partial charge in [-0.2, -0.15) is 0 Å². The number of esters is 1. The van der Waals surface area contributed by atoms with E-state index < -0.39 is 0 Å². The molecular weight excluding hydrogens is 262 g/mol. The minimum Gasteiger partial charge on any atom is -0.469 e. The van der Waals surface area contributed by atoms with E-state index in [0.717, 1.165) is 22.6 Å². The van der Waals surface area contributed by atoms with E-state index >= 15 is 0 Å². The molecule has 2 aromatic heterocycles. The summed E-state index contributed by atoms with van der Waals surface area (Å²) in [7, 11) is 1.44. The Morgan fingerprint density at radius 1 is 1.47 bits per heavy atom. The summed E-state index contributed by atoms with van der Waals surface area (Å²) in [4.78, 5) is 23.5. The number of rotatable bonds is 2. The predicted octanol–water partition coefficient (Wildman–Crippen LogP) is 1.94. The van der Waals surface area contributed by atoms with Crippen molar-refractivity contribution in [1.82, 2.24) is 9.97 Å². The fraction of sp³-hybridized carbons (Fsp3) is 0.462. The Balaban J connectivity index is 1.92. The van der Waals surface area contributed by atoms with Gasteiger partial charge in [-0.25, -0.2) is 9.97 Å². The molecule has 6 heteroatoms. The number of hydrogen-bond donors (Lipinski definition) is 0. The van der Waals surface area contributed by atoms with Crippen LogP contribution in [0.4, 0.5) is 5.82 Å². The topological polar surface area (TPSA) is 55.3 Å². The third-order valence-corrected chi connectivity index (χ3v) is 4.48. The van der Waals surface area contributed by atoms with E-state index in [9.17, 15) is 4.79 Å². The van der Waals surface area contributed by atoms with E-state index in [4.69, 9.17) is 4.74 Å². The molecule has 3 heterocycles. The lowest BCUT2D eigenvalue weighted by Gasteiger charge is -2.17. The van der Waals surface area contributed by atoms with E-state index in [0.29, 0.717) is 6.54 Å². The first-order chi connectivity index (χ1) is 9.20. The van der Waals surface area contributed by atoms with Crippen LogP contribution in [0.2, 0.25) is 0 Å². The number of carbonyl (C=O) groups is 1. The second kappa shape index (κ2) is 4.77. The molecular formula is C13H15N3O2S. The molecule has 0 spiro atoms. The van der Waals surface area contributed by atoms with E-state index in [-0.39, 0.29) is 17.8 Å². The molecule has 0 N–H and O–H groups in total. The fourth-order valence-corrected chi connectivity index (χ4v) is 3.35. The molecule has 1 aliphatic rings. The molecule has 3 rings (SSSR count). The molecule has 1 saturated heterocycles. The molecule has 19 heavy (non-hydrogen) atoms. The average Bonchev–Trinajstić information content (AvgIpc) is 3.03. The number of anilines is 1. The zero-order valence-electron chi connectivity index (χ0n) is 10.9. The van der Waals surface area contributed by atoms with Crippen molar-refractivity contribution in [2.45, 2.75) is 6.92 Å². The third-order valence-electron chi connectivity index (χ3n) is 3.66. The van der Waals surface area contributed by atoms with E-state index in [1.54, 1.807) is 17.7 Å². The van der Waals surface area contributed by atoms with E-state index in [1.807, 2.05) is 11.4 Å². The van der Waals surface area contributed by atoms with Gasteiger partial charge < -0.3 is 9.64 Å². The Kier molecular flexibility index (Phi) is 3.10. The maximum absolute atomic E-state index is 11.7. The Morgan fingerprint density at radius 3 is 3.11 bits per heavy atom. The van der Waals surface area contributed by atoms with Crippen LogP contribution in [0.15, 0.2) is 17.8 Å². The van der Waals surface area contributed by atoms with Gasteiger partial charge in [-0.1, -0.05) is 6.92 Å². The van der Waals surface area contributed by atoms with Gasteiger partial charge in [0.25, 0.3) is 0 Å². The molecule has 2 aromatic rings. The summed E-state index contributed by atoms with van der Waals surface area (Å²) in [6.07, 6.45) is 1.59. The number of nitrogens with zero attached hydrogens (tertiary/aromatic N) is 3. The number of hydrogen-bond acceptors (Lipinski definition) is 6.